The summed E-state index contributed by atoms with van der Waals surface area (Å²) < 4.78 is 0. The van der Waals surface area contributed by atoms with Crippen LogP contribution >= 0.6 is 0 Å². The first-order chi connectivity index (χ1) is 4.37. The standard InChI is InChI=1S/C9H15/c1-2-9-6-4-3-5-8(9)7-9/h2,8H,3-7H2,1H3. The molecule has 2 fully saturated rings. The Morgan fingerprint density at radius 2 is 2.33 bits per heavy atom. The largest absolute Gasteiger partial charge is 0.0617 e. The van der Waals surface area contributed by atoms with Crippen LogP contribution in [0.4, 0.5) is 0 Å². The van der Waals surface area contributed by atoms with Gasteiger partial charge in [-0.2, -0.15) is 0 Å². The van der Waals surface area contributed by atoms with Crippen molar-refractivity contribution in [1.29, 1.82) is 0 Å². The van der Waals surface area contributed by atoms with Crippen molar-refractivity contribution in [2.24, 2.45) is 11.3 Å². The van der Waals surface area contributed by atoms with Crippen molar-refractivity contribution >= 4 is 0 Å². The van der Waals surface area contributed by atoms with Crippen molar-refractivity contribution in [3.8, 4) is 0 Å². The van der Waals surface area contributed by atoms with Crippen LogP contribution in [-0.4, -0.2) is 0 Å². The second kappa shape index (κ2) is 1.74. The summed E-state index contributed by atoms with van der Waals surface area (Å²) in [6, 6.07) is 0. The third kappa shape index (κ3) is 0.720. The molecule has 0 heteroatoms. The summed E-state index contributed by atoms with van der Waals surface area (Å²) in [6.45, 7) is 2.24. The average molecular weight is 123 g/mol. The second-order valence-corrected chi connectivity index (χ2v) is 3.67. The lowest BCUT2D eigenvalue weighted by atomic mass is 9.87. The number of hydrogen-bond acceptors (Lipinski definition) is 0. The van der Waals surface area contributed by atoms with E-state index in [0.717, 1.165) is 11.3 Å². The van der Waals surface area contributed by atoms with Crippen LogP contribution in [0, 0.1) is 17.8 Å². The fraction of sp³-hybridized carbons (Fsp3) is 0.889. The van der Waals surface area contributed by atoms with Gasteiger partial charge in [0, 0.05) is 0 Å². The lowest BCUT2D eigenvalue weighted by molar-refractivity contribution is 0.381. The van der Waals surface area contributed by atoms with Crippen molar-refractivity contribution in [3.05, 3.63) is 6.42 Å². The summed E-state index contributed by atoms with van der Waals surface area (Å²) in [5.74, 6) is 1.11. The highest BCUT2D eigenvalue weighted by atomic mass is 14.6. The van der Waals surface area contributed by atoms with E-state index in [-0.39, 0.29) is 0 Å². The van der Waals surface area contributed by atoms with Crippen LogP contribution < -0.4 is 0 Å². The van der Waals surface area contributed by atoms with Crippen molar-refractivity contribution in [2.75, 3.05) is 0 Å². The minimum absolute atomic E-state index is 0.762. The van der Waals surface area contributed by atoms with Crippen molar-refractivity contribution in [3.63, 3.8) is 0 Å². The van der Waals surface area contributed by atoms with Gasteiger partial charge in [-0.1, -0.05) is 19.8 Å². The van der Waals surface area contributed by atoms with E-state index in [2.05, 4.69) is 13.3 Å². The molecule has 0 nitrogen and oxygen atoms in total. The van der Waals surface area contributed by atoms with Crippen LogP contribution in [-0.2, 0) is 0 Å². The molecule has 2 aliphatic carbocycles. The van der Waals surface area contributed by atoms with E-state index in [9.17, 15) is 0 Å². The van der Waals surface area contributed by atoms with Gasteiger partial charge in [0.25, 0.3) is 0 Å². The summed E-state index contributed by atoms with van der Waals surface area (Å²) in [4.78, 5) is 0. The molecule has 9 heavy (non-hydrogen) atoms. The third-order valence-corrected chi connectivity index (χ3v) is 3.30. The molecule has 2 unspecified atom stereocenters. The molecule has 2 saturated carbocycles. The Morgan fingerprint density at radius 3 is 2.89 bits per heavy atom. The first-order valence-electron chi connectivity index (χ1n) is 4.18. The van der Waals surface area contributed by atoms with E-state index >= 15 is 0 Å². The fourth-order valence-electron chi connectivity index (χ4n) is 2.44. The maximum atomic E-state index is 2.46. The normalized spacial score (nSPS) is 48.3. The maximum Gasteiger partial charge on any atom is -0.0238 e. The van der Waals surface area contributed by atoms with Gasteiger partial charge < -0.3 is 0 Å². The Balaban J connectivity index is 2.01. The molecular formula is C9H15. The van der Waals surface area contributed by atoms with Gasteiger partial charge in [-0.05, 0) is 37.0 Å². The fourth-order valence-corrected chi connectivity index (χ4v) is 2.44. The highest BCUT2D eigenvalue weighted by Crippen LogP contribution is 2.62. The molecule has 0 N–H and O–H groups in total. The van der Waals surface area contributed by atoms with E-state index in [0.29, 0.717) is 0 Å². The SMILES string of the molecule is C[CH]C12CCCCC1C2. The lowest BCUT2D eigenvalue weighted by Crippen LogP contribution is -2.07. The van der Waals surface area contributed by atoms with Gasteiger partial charge in [0.05, 0.1) is 0 Å². The van der Waals surface area contributed by atoms with Gasteiger partial charge in [0.1, 0.15) is 0 Å². The van der Waals surface area contributed by atoms with Crippen LogP contribution in [0.3, 0.4) is 0 Å². The van der Waals surface area contributed by atoms with E-state index in [1.54, 1.807) is 0 Å². The molecule has 2 aliphatic rings. The van der Waals surface area contributed by atoms with E-state index in [1.165, 1.54) is 32.1 Å². The van der Waals surface area contributed by atoms with Gasteiger partial charge in [0.15, 0.2) is 0 Å². The molecule has 0 aromatic heterocycles. The number of rotatable bonds is 1. The molecule has 0 aliphatic heterocycles. The Labute approximate surface area is 57.6 Å². The molecule has 0 amide bonds. The minimum Gasteiger partial charge on any atom is -0.0617 e. The smallest absolute Gasteiger partial charge is 0.0238 e. The van der Waals surface area contributed by atoms with Crippen LogP contribution in [0.25, 0.3) is 0 Å². The summed E-state index contributed by atoms with van der Waals surface area (Å²) in [5, 5.41) is 0. The maximum absolute atomic E-state index is 2.46. The van der Waals surface area contributed by atoms with Gasteiger partial charge in [0.2, 0.25) is 0 Å². The molecule has 0 aromatic rings. The molecule has 2 atom stereocenters. The van der Waals surface area contributed by atoms with Crippen molar-refractivity contribution in [1.82, 2.24) is 0 Å². The first kappa shape index (κ1) is 5.76. The highest BCUT2D eigenvalue weighted by Gasteiger charge is 2.52. The average Bonchev–Trinajstić information content (AvgIpc) is 2.62. The van der Waals surface area contributed by atoms with Gasteiger partial charge in [-0.3, -0.25) is 0 Å². The van der Waals surface area contributed by atoms with Gasteiger partial charge >= 0.3 is 0 Å². The van der Waals surface area contributed by atoms with E-state index in [4.69, 9.17) is 0 Å². The monoisotopic (exact) mass is 123 g/mol. The van der Waals surface area contributed by atoms with Crippen molar-refractivity contribution < 1.29 is 0 Å². The van der Waals surface area contributed by atoms with Crippen LogP contribution in [0.2, 0.25) is 0 Å². The third-order valence-electron chi connectivity index (χ3n) is 3.30. The summed E-state index contributed by atoms with van der Waals surface area (Å²) in [5.41, 5.74) is 0.762. The molecular weight excluding hydrogens is 108 g/mol. The lowest BCUT2D eigenvalue weighted by Gasteiger charge is -2.18. The summed E-state index contributed by atoms with van der Waals surface area (Å²) in [6.07, 6.45) is 9.97. The first-order valence-corrected chi connectivity index (χ1v) is 4.18. The number of fused-ring (bicyclic) bond motifs is 1. The molecule has 0 spiro atoms. The molecule has 0 aromatic carbocycles. The van der Waals surface area contributed by atoms with E-state index < -0.39 is 0 Å². The molecule has 0 saturated heterocycles. The predicted molar refractivity (Wildman–Crippen MR) is 39.0 cm³/mol. The molecule has 2 rings (SSSR count). The predicted octanol–water partition coefficient (Wildman–Crippen LogP) is 2.79. The van der Waals surface area contributed by atoms with Gasteiger partial charge in [-0.15, -0.1) is 0 Å². The van der Waals surface area contributed by atoms with Crippen LogP contribution in [0.5, 0.6) is 0 Å². The minimum atomic E-state index is 0.762. The van der Waals surface area contributed by atoms with E-state index in [1.807, 2.05) is 0 Å². The van der Waals surface area contributed by atoms with Crippen molar-refractivity contribution in [2.45, 2.75) is 39.0 Å². The molecule has 51 valence electrons. The zero-order chi connectivity index (χ0) is 6.32. The Kier molecular flexibility index (Phi) is 1.12. The topological polar surface area (TPSA) is 0 Å². The van der Waals surface area contributed by atoms with Crippen LogP contribution in [0.1, 0.15) is 39.0 Å². The molecule has 0 bridgehead atoms. The zero-order valence-electron chi connectivity index (χ0n) is 6.19. The summed E-state index contributed by atoms with van der Waals surface area (Å²) >= 11 is 0. The Hall–Kier alpha value is 0. The Bertz CT molecular complexity index is 117. The highest BCUT2D eigenvalue weighted by molar-refractivity contribution is 5.10. The molecule has 1 radical (unpaired) electrons. The molecule has 0 heterocycles. The van der Waals surface area contributed by atoms with Gasteiger partial charge in [-0.25, -0.2) is 0 Å². The Morgan fingerprint density at radius 1 is 1.44 bits per heavy atom. The second-order valence-electron chi connectivity index (χ2n) is 3.67. The van der Waals surface area contributed by atoms with Crippen LogP contribution in [0.15, 0.2) is 0 Å². The zero-order valence-corrected chi connectivity index (χ0v) is 6.19. The quantitative estimate of drug-likeness (QED) is 0.503. The number of hydrogen-bond donors (Lipinski definition) is 0. The summed E-state index contributed by atoms with van der Waals surface area (Å²) in [7, 11) is 0.